The van der Waals surface area contributed by atoms with Crippen molar-refractivity contribution in [1.29, 1.82) is 0 Å². The molecule has 0 aliphatic heterocycles. The molecule has 0 bridgehead atoms. The van der Waals surface area contributed by atoms with Crippen molar-refractivity contribution in [3.05, 3.63) is 71.3 Å². The third-order valence-electron chi connectivity index (χ3n) is 3.55. The summed E-state index contributed by atoms with van der Waals surface area (Å²) in [4.78, 5) is 24.4. The Morgan fingerprint density at radius 2 is 1.43 bits per heavy atom. The third-order valence-corrected chi connectivity index (χ3v) is 3.55. The smallest absolute Gasteiger partial charge is 0.193 e. The van der Waals surface area contributed by atoms with E-state index in [2.05, 4.69) is 6.92 Å². The number of ketones is 2. The average molecular weight is 310 g/mol. The zero-order valence-electron chi connectivity index (χ0n) is 13.5. The predicted octanol–water partition coefficient (Wildman–Crippen LogP) is 4.31. The van der Waals surface area contributed by atoms with Crippen molar-refractivity contribution in [3.8, 4) is 0 Å². The predicted molar refractivity (Wildman–Crippen MR) is 91.0 cm³/mol. The van der Waals surface area contributed by atoms with Crippen LogP contribution in [-0.4, -0.2) is 24.8 Å². The second-order valence-corrected chi connectivity index (χ2v) is 5.41. The molecule has 0 spiro atoms. The van der Waals surface area contributed by atoms with E-state index in [1.165, 1.54) is 0 Å². The highest BCUT2D eigenvalue weighted by atomic mass is 16.5. The van der Waals surface area contributed by atoms with Crippen molar-refractivity contribution in [2.75, 3.05) is 13.2 Å². The maximum absolute atomic E-state index is 12.3. The lowest BCUT2D eigenvalue weighted by Gasteiger charge is -2.05. The van der Waals surface area contributed by atoms with Crippen LogP contribution in [0, 0.1) is 0 Å². The molecule has 23 heavy (non-hydrogen) atoms. The number of carbonyl (C=O) groups excluding carboxylic acids is 2. The zero-order valence-corrected chi connectivity index (χ0v) is 13.5. The lowest BCUT2D eigenvalue weighted by Crippen LogP contribution is -2.05. The fourth-order valence-corrected chi connectivity index (χ4v) is 2.29. The molecule has 0 heterocycles. The SMILES string of the molecule is CCCOCCCC(=O)c1ccc(C(=O)c2ccccc2)cc1. The topological polar surface area (TPSA) is 43.4 Å². The van der Waals surface area contributed by atoms with Gasteiger partial charge in [0.2, 0.25) is 0 Å². The summed E-state index contributed by atoms with van der Waals surface area (Å²) < 4.78 is 5.37. The zero-order chi connectivity index (χ0) is 16.5. The van der Waals surface area contributed by atoms with Crippen LogP contribution in [0.15, 0.2) is 54.6 Å². The third kappa shape index (κ3) is 5.15. The summed E-state index contributed by atoms with van der Waals surface area (Å²) in [5, 5.41) is 0. The molecule has 2 aromatic rings. The van der Waals surface area contributed by atoms with Crippen LogP contribution < -0.4 is 0 Å². The first-order valence-electron chi connectivity index (χ1n) is 8.03. The Morgan fingerprint density at radius 3 is 2.09 bits per heavy atom. The van der Waals surface area contributed by atoms with E-state index in [1.54, 1.807) is 36.4 Å². The Bertz CT molecular complexity index is 630. The fourth-order valence-electron chi connectivity index (χ4n) is 2.29. The molecule has 0 fully saturated rings. The van der Waals surface area contributed by atoms with Crippen molar-refractivity contribution < 1.29 is 14.3 Å². The van der Waals surface area contributed by atoms with Gasteiger partial charge in [-0.05, 0) is 12.8 Å². The molecule has 0 atom stereocenters. The summed E-state index contributed by atoms with van der Waals surface area (Å²) in [7, 11) is 0. The summed E-state index contributed by atoms with van der Waals surface area (Å²) in [6, 6.07) is 16.0. The van der Waals surface area contributed by atoms with Gasteiger partial charge in [0, 0.05) is 36.3 Å². The van der Waals surface area contributed by atoms with Gasteiger partial charge in [-0.1, -0.05) is 61.5 Å². The molecular formula is C20H22O3. The Kier molecular flexibility index (Phi) is 6.70. The van der Waals surface area contributed by atoms with Crippen molar-refractivity contribution >= 4 is 11.6 Å². The van der Waals surface area contributed by atoms with Crippen LogP contribution in [0.2, 0.25) is 0 Å². The van der Waals surface area contributed by atoms with Crippen molar-refractivity contribution in [1.82, 2.24) is 0 Å². The second-order valence-electron chi connectivity index (χ2n) is 5.41. The van der Waals surface area contributed by atoms with Gasteiger partial charge in [0.25, 0.3) is 0 Å². The first kappa shape index (κ1) is 17.1. The van der Waals surface area contributed by atoms with Gasteiger partial charge in [-0.25, -0.2) is 0 Å². The Labute approximate surface area is 137 Å². The van der Waals surface area contributed by atoms with Crippen molar-refractivity contribution in [2.24, 2.45) is 0 Å². The van der Waals surface area contributed by atoms with E-state index in [-0.39, 0.29) is 11.6 Å². The summed E-state index contributed by atoms with van der Waals surface area (Å²) in [6.07, 6.45) is 2.18. The molecule has 0 unspecified atom stereocenters. The van der Waals surface area contributed by atoms with Gasteiger partial charge < -0.3 is 4.74 Å². The molecule has 0 aliphatic carbocycles. The minimum Gasteiger partial charge on any atom is -0.381 e. The van der Waals surface area contributed by atoms with Gasteiger partial charge >= 0.3 is 0 Å². The van der Waals surface area contributed by atoms with E-state index in [0.29, 0.717) is 29.7 Å². The van der Waals surface area contributed by atoms with E-state index in [0.717, 1.165) is 19.4 Å². The molecule has 0 saturated heterocycles. The number of hydrogen-bond donors (Lipinski definition) is 0. The average Bonchev–Trinajstić information content (AvgIpc) is 2.61. The van der Waals surface area contributed by atoms with Gasteiger partial charge in [-0.15, -0.1) is 0 Å². The highest BCUT2D eigenvalue weighted by molar-refractivity contribution is 6.09. The molecule has 120 valence electrons. The fraction of sp³-hybridized carbons (Fsp3) is 0.300. The van der Waals surface area contributed by atoms with Crippen molar-refractivity contribution in [2.45, 2.75) is 26.2 Å². The highest BCUT2D eigenvalue weighted by Gasteiger charge is 2.10. The summed E-state index contributed by atoms with van der Waals surface area (Å²) in [6.45, 7) is 3.41. The van der Waals surface area contributed by atoms with Crippen molar-refractivity contribution in [3.63, 3.8) is 0 Å². The maximum atomic E-state index is 12.3. The van der Waals surface area contributed by atoms with Crippen LogP contribution in [0.1, 0.15) is 52.5 Å². The Hall–Kier alpha value is -2.26. The minimum absolute atomic E-state index is 0.0300. The van der Waals surface area contributed by atoms with Gasteiger partial charge in [0.15, 0.2) is 11.6 Å². The lowest BCUT2D eigenvalue weighted by atomic mass is 10.00. The van der Waals surface area contributed by atoms with Gasteiger partial charge in [-0.3, -0.25) is 9.59 Å². The quantitative estimate of drug-likeness (QED) is 0.512. The number of ether oxygens (including phenoxy) is 1. The molecule has 3 nitrogen and oxygen atoms in total. The number of hydrogen-bond acceptors (Lipinski definition) is 3. The first-order chi connectivity index (χ1) is 11.2. The van der Waals surface area contributed by atoms with Gasteiger partial charge in [-0.2, -0.15) is 0 Å². The van der Waals surface area contributed by atoms with E-state index in [4.69, 9.17) is 4.74 Å². The monoisotopic (exact) mass is 310 g/mol. The number of rotatable bonds is 9. The molecular weight excluding hydrogens is 288 g/mol. The largest absolute Gasteiger partial charge is 0.381 e. The van der Waals surface area contributed by atoms with E-state index in [1.807, 2.05) is 18.2 Å². The summed E-state index contributed by atoms with van der Waals surface area (Å²) in [5.41, 5.74) is 1.89. The minimum atomic E-state index is -0.0300. The van der Waals surface area contributed by atoms with Gasteiger partial charge in [0.05, 0.1) is 0 Å². The molecule has 0 aliphatic rings. The molecule has 0 saturated carbocycles. The normalized spacial score (nSPS) is 10.5. The summed E-state index contributed by atoms with van der Waals surface area (Å²) >= 11 is 0. The molecule has 0 aromatic heterocycles. The molecule has 0 amide bonds. The molecule has 2 aromatic carbocycles. The summed E-state index contributed by atoms with van der Waals surface area (Å²) in [5.74, 6) is 0.0568. The van der Waals surface area contributed by atoms with E-state index in [9.17, 15) is 9.59 Å². The first-order valence-corrected chi connectivity index (χ1v) is 8.03. The van der Waals surface area contributed by atoms with Crippen LogP contribution in [0.4, 0.5) is 0 Å². The van der Waals surface area contributed by atoms with Crippen LogP contribution in [0.3, 0.4) is 0 Å². The van der Waals surface area contributed by atoms with E-state index >= 15 is 0 Å². The van der Waals surface area contributed by atoms with E-state index < -0.39 is 0 Å². The van der Waals surface area contributed by atoms with Crippen LogP contribution in [0.25, 0.3) is 0 Å². The lowest BCUT2D eigenvalue weighted by molar-refractivity contribution is 0.0937. The van der Waals surface area contributed by atoms with Crippen LogP contribution in [0.5, 0.6) is 0 Å². The molecule has 2 rings (SSSR count). The maximum Gasteiger partial charge on any atom is 0.193 e. The van der Waals surface area contributed by atoms with Crippen LogP contribution >= 0.6 is 0 Å². The number of Topliss-reactive ketones (excluding diaryl/α,β-unsaturated/α-hetero) is 1. The molecule has 0 N–H and O–H groups in total. The molecule has 0 radical (unpaired) electrons. The number of carbonyl (C=O) groups is 2. The van der Waals surface area contributed by atoms with Crippen LogP contribution in [-0.2, 0) is 4.74 Å². The highest BCUT2D eigenvalue weighted by Crippen LogP contribution is 2.13. The van der Waals surface area contributed by atoms with Gasteiger partial charge in [0.1, 0.15) is 0 Å². The number of benzene rings is 2. The Balaban J connectivity index is 1.91. The Morgan fingerprint density at radius 1 is 0.826 bits per heavy atom. The standard InChI is InChI=1S/C20H22O3/c1-2-14-23-15-6-9-19(21)16-10-12-18(13-11-16)20(22)17-7-4-3-5-8-17/h3-5,7-8,10-13H,2,6,9,14-15H2,1H3. The second kappa shape index (κ2) is 9.01. The molecule has 3 heteroatoms.